The number of fused-ring (bicyclic) bond motifs is 1. The quantitative estimate of drug-likeness (QED) is 0.588. The number of piperidine rings is 1. The second kappa shape index (κ2) is 2.91. The Morgan fingerprint density at radius 1 is 1.54 bits per heavy atom. The lowest BCUT2D eigenvalue weighted by molar-refractivity contribution is -0.123. The molecular weight excluding hydrogens is 166 g/mol. The summed E-state index contributed by atoms with van der Waals surface area (Å²) in [6.07, 6.45) is 5.26. The zero-order valence-electron chi connectivity index (χ0n) is 7.58. The highest BCUT2D eigenvalue weighted by Crippen LogP contribution is 2.27. The highest BCUT2D eigenvalue weighted by Gasteiger charge is 2.28. The van der Waals surface area contributed by atoms with E-state index >= 15 is 0 Å². The van der Waals surface area contributed by atoms with Crippen molar-refractivity contribution in [1.29, 1.82) is 0 Å². The number of rotatable bonds is 0. The van der Waals surface area contributed by atoms with Crippen LogP contribution < -0.4 is 5.32 Å². The van der Waals surface area contributed by atoms with E-state index in [-0.39, 0.29) is 11.9 Å². The number of carbonyl (C=O) groups excluding carboxylic acids is 1. The van der Waals surface area contributed by atoms with Gasteiger partial charge in [-0.15, -0.1) is 0 Å². The molecule has 1 heterocycles. The molecule has 0 bridgehead atoms. The summed E-state index contributed by atoms with van der Waals surface area (Å²) in [4.78, 5) is 11.1. The van der Waals surface area contributed by atoms with Gasteiger partial charge < -0.3 is 10.4 Å². The van der Waals surface area contributed by atoms with Crippen LogP contribution in [0.1, 0.15) is 19.8 Å². The molecule has 0 radical (unpaired) electrons. The van der Waals surface area contributed by atoms with Crippen LogP contribution in [-0.2, 0) is 4.79 Å². The smallest absolute Gasteiger partial charge is 0.220 e. The van der Waals surface area contributed by atoms with E-state index < -0.39 is 0 Å². The molecule has 2 unspecified atom stereocenters. The summed E-state index contributed by atoms with van der Waals surface area (Å²) in [7, 11) is 0. The minimum atomic E-state index is 0.00458. The SMILES string of the molecule is CC1=CC2CCC(=O)NC2C=C1O. The first-order chi connectivity index (χ1) is 6.16. The number of aliphatic hydroxyl groups excluding tert-OH is 1. The van der Waals surface area contributed by atoms with Gasteiger partial charge in [-0.1, -0.05) is 6.08 Å². The Bertz CT molecular complexity index is 304. The predicted molar refractivity (Wildman–Crippen MR) is 49.1 cm³/mol. The fourth-order valence-corrected chi connectivity index (χ4v) is 1.90. The molecule has 1 aliphatic carbocycles. The molecule has 2 N–H and O–H groups in total. The van der Waals surface area contributed by atoms with Gasteiger partial charge in [0, 0.05) is 12.3 Å². The fraction of sp³-hybridized carbons (Fsp3) is 0.500. The van der Waals surface area contributed by atoms with Crippen LogP contribution in [0.3, 0.4) is 0 Å². The van der Waals surface area contributed by atoms with E-state index in [1.165, 1.54) is 0 Å². The summed E-state index contributed by atoms with van der Waals surface area (Å²) in [5.74, 6) is 0.746. The molecule has 0 saturated carbocycles. The molecule has 13 heavy (non-hydrogen) atoms. The molecule has 1 fully saturated rings. The third-order valence-corrected chi connectivity index (χ3v) is 2.70. The molecule has 3 nitrogen and oxygen atoms in total. The third-order valence-electron chi connectivity index (χ3n) is 2.70. The van der Waals surface area contributed by atoms with Gasteiger partial charge in [-0.05, 0) is 25.0 Å². The summed E-state index contributed by atoms with van der Waals surface area (Å²) < 4.78 is 0. The van der Waals surface area contributed by atoms with Crippen molar-refractivity contribution in [2.45, 2.75) is 25.8 Å². The average molecular weight is 179 g/mol. The molecule has 3 heteroatoms. The maximum Gasteiger partial charge on any atom is 0.220 e. The van der Waals surface area contributed by atoms with Gasteiger partial charge in [0.25, 0.3) is 0 Å². The van der Waals surface area contributed by atoms with E-state index in [0.717, 1.165) is 12.0 Å². The Morgan fingerprint density at radius 2 is 2.31 bits per heavy atom. The summed E-state index contributed by atoms with van der Waals surface area (Å²) >= 11 is 0. The standard InChI is InChI=1S/C10H13NO2/c1-6-4-7-2-3-10(13)11-8(7)5-9(6)12/h4-5,7-8,12H,2-3H2,1H3,(H,11,13). The molecule has 0 spiro atoms. The molecule has 1 aliphatic heterocycles. The topological polar surface area (TPSA) is 49.3 Å². The lowest BCUT2D eigenvalue weighted by atomic mass is 9.85. The first-order valence-corrected chi connectivity index (χ1v) is 4.56. The largest absolute Gasteiger partial charge is 0.508 e. The van der Waals surface area contributed by atoms with Gasteiger partial charge in [0.2, 0.25) is 5.91 Å². The van der Waals surface area contributed by atoms with Crippen molar-refractivity contribution in [3.8, 4) is 0 Å². The van der Waals surface area contributed by atoms with Gasteiger partial charge in [0.15, 0.2) is 0 Å². The van der Waals surface area contributed by atoms with Crippen LogP contribution in [0, 0.1) is 5.92 Å². The van der Waals surface area contributed by atoms with Crippen molar-refractivity contribution in [3.63, 3.8) is 0 Å². The Kier molecular flexibility index (Phi) is 1.87. The first kappa shape index (κ1) is 8.35. The average Bonchev–Trinajstić information content (AvgIpc) is 2.08. The summed E-state index contributed by atoms with van der Waals surface area (Å²) in [6.45, 7) is 1.89. The molecule has 0 aromatic carbocycles. The van der Waals surface area contributed by atoms with Crippen molar-refractivity contribution in [2.75, 3.05) is 0 Å². The van der Waals surface area contributed by atoms with Gasteiger partial charge in [-0.25, -0.2) is 0 Å². The highest BCUT2D eigenvalue weighted by atomic mass is 16.3. The Labute approximate surface area is 77.1 Å². The monoisotopic (exact) mass is 179 g/mol. The van der Waals surface area contributed by atoms with Crippen LogP contribution in [0.15, 0.2) is 23.5 Å². The van der Waals surface area contributed by atoms with Gasteiger partial charge in [-0.2, -0.15) is 0 Å². The van der Waals surface area contributed by atoms with Crippen molar-refractivity contribution >= 4 is 5.91 Å². The zero-order chi connectivity index (χ0) is 9.42. The lowest BCUT2D eigenvalue weighted by Gasteiger charge is -2.31. The summed E-state index contributed by atoms with van der Waals surface area (Å²) in [6, 6.07) is 0.00458. The Morgan fingerprint density at radius 3 is 3.08 bits per heavy atom. The maximum absolute atomic E-state index is 11.1. The number of allylic oxidation sites excluding steroid dienone is 1. The van der Waals surface area contributed by atoms with Crippen LogP contribution in [0.4, 0.5) is 0 Å². The molecule has 2 rings (SSSR count). The van der Waals surface area contributed by atoms with Crippen molar-refractivity contribution in [2.24, 2.45) is 5.92 Å². The predicted octanol–water partition coefficient (Wildman–Crippen LogP) is 1.28. The van der Waals surface area contributed by atoms with Crippen LogP contribution in [-0.4, -0.2) is 17.1 Å². The molecule has 70 valence electrons. The van der Waals surface area contributed by atoms with E-state index in [0.29, 0.717) is 18.1 Å². The second-order valence-corrected chi connectivity index (χ2v) is 3.70. The number of hydrogen-bond donors (Lipinski definition) is 2. The minimum Gasteiger partial charge on any atom is -0.508 e. The highest BCUT2D eigenvalue weighted by molar-refractivity contribution is 5.77. The van der Waals surface area contributed by atoms with E-state index in [9.17, 15) is 9.90 Å². The van der Waals surface area contributed by atoms with Gasteiger partial charge >= 0.3 is 0 Å². The molecule has 2 aliphatic rings. The van der Waals surface area contributed by atoms with Gasteiger partial charge in [0.05, 0.1) is 6.04 Å². The van der Waals surface area contributed by atoms with Crippen molar-refractivity contribution in [1.82, 2.24) is 5.32 Å². The van der Waals surface area contributed by atoms with Gasteiger partial charge in [-0.3, -0.25) is 4.79 Å². The summed E-state index contributed by atoms with van der Waals surface area (Å²) in [5, 5.41) is 12.3. The number of amides is 1. The minimum absolute atomic E-state index is 0.00458. The summed E-state index contributed by atoms with van der Waals surface area (Å²) in [5.41, 5.74) is 0.914. The van der Waals surface area contributed by atoms with E-state index in [1.807, 2.05) is 13.0 Å². The van der Waals surface area contributed by atoms with Crippen LogP contribution in [0.2, 0.25) is 0 Å². The number of hydrogen-bond acceptors (Lipinski definition) is 2. The molecule has 0 aromatic rings. The maximum atomic E-state index is 11.1. The molecule has 1 saturated heterocycles. The Hall–Kier alpha value is -1.25. The van der Waals surface area contributed by atoms with Crippen LogP contribution >= 0.6 is 0 Å². The Balaban J connectivity index is 2.21. The second-order valence-electron chi connectivity index (χ2n) is 3.70. The first-order valence-electron chi connectivity index (χ1n) is 4.56. The molecular formula is C10H13NO2. The van der Waals surface area contributed by atoms with Gasteiger partial charge in [0.1, 0.15) is 5.76 Å². The molecule has 2 atom stereocenters. The lowest BCUT2D eigenvalue weighted by Crippen LogP contribution is -2.44. The van der Waals surface area contributed by atoms with Crippen LogP contribution in [0.5, 0.6) is 0 Å². The van der Waals surface area contributed by atoms with Crippen molar-refractivity contribution < 1.29 is 9.90 Å². The molecule has 0 aromatic heterocycles. The van der Waals surface area contributed by atoms with E-state index in [2.05, 4.69) is 5.32 Å². The fourth-order valence-electron chi connectivity index (χ4n) is 1.90. The van der Waals surface area contributed by atoms with E-state index in [4.69, 9.17) is 0 Å². The third kappa shape index (κ3) is 1.46. The van der Waals surface area contributed by atoms with Crippen LogP contribution in [0.25, 0.3) is 0 Å². The zero-order valence-corrected chi connectivity index (χ0v) is 7.58. The molecule has 1 amide bonds. The van der Waals surface area contributed by atoms with E-state index in [1.54, 1.807) is 6.08 Å². The van der Waals surface area contributed by atoms with Crippen molar-refractivity contribution in [3.05, 3.63) is 23.5 Å². The number of carbonyl (C=O) groups is 1. The normalized spacial score (nSPS) is 32.8. The number of aliphatic hydroxyl groups is 1. The number of nitrogens with one attached hydrogen (secondary N) is 1.